The second-order valence-electron chi connectivity index (χ2n) is 7.36. The Kier molecular flexibility index (Phi) is 4.58. The van der Waals surface area contributed by atoms with Crippen molar-refractivity contribution in [2.24, 2.45) is 0 Å². The largest absolute Gasteiger partial charge is 0.449 e. The SMILES string of the molecule is CC(C)(C)OC(=O)N1CCCC1Cn1c(C(F)(F)F)nc2cccnc21. The van der Waals surface area contributed by atoms with E-state index in [1.54, 1.807) is 26.8 Å². The molecule has 2 aromatic heterocycles. The van der Waals surface area contributed by atoms with Crippen molar-refractivity contribution in [1.82, 2.24) is 19.4 Å². The van der Waals surface area contributed by atoms with E-state index in [4.69, 9.17) is 4.74 Å². The lowest BCUT2D eigenvalue weighted by Gasteiger charge is -2.29. The molecule has 1 unspecified atom stereocenters. The molecule has 1 saturated heterocycles. The van der Waals surface area contributed by atoms with Gasteiger partial charge in [0.25, 0.3) is 0 Å². The molecule has 0 N–H and O–H groups in total. The van der Waals surface area contributed by atoms with Gasteiger partial charge in [0.2, 0.25) is 5.82 Å². The highest BCUT2D eigenvalue weighted by molar-refractivity contribution is 5.71. The third kappa shape index (κ3) is 3.76. The maximum atomic E-state index is 13.4. The summed E-state index contributed by atoms with van der Waals surface area (Å²) < 4.78 is 46.7. The van der Waals surface area contributed by atoms with Crippen LogP contribution in [-0.4, -0.2) is 43.7 Å². The summed E-state index contributed by atoms with van der Waals surface area (Å²) in [7, 11) is 0. The maximum Gasteiger partial charge on any atom is 0.449 e. The molecule has 3 rings (SSSR count). The number of likely N-dealkylation sites (tertiary alicyclic amines) is 1. The van der Waals surface area contributed by atoms with Crippen molar-refractivity contribution in [2.45, 2.75) is 58.0 Å². The maximum absolute atomic E-state index is 13.4. The molecule has 6 nitrogen and oxygen atoms in total. The zero-order chi connectivity index (χ0) is 19.1. The molecule has 26 heavy (non-hydrogen) atoms. The monoisotopic (exact) mass is 370 g/mol. The number of carbonyl (C=O) groups is 1. The van der Waals surface area contributed by atoms with Crippen LogP contribution in [-0.2, 0) is 17.5 Å². The van der Waals surface area contributed by atoms with Crippen molar-refractivity contribution < 1.29 is 22.7 Å². The number of imidazole rings is 1. The van der Waals surface area contributed by atoms with Gasteiger partial charge >= 0.3 is 12.3 Å². The van der Waals surface area contributed by atoms with Crippen molar-refractivity contribution in [3.05, 3.63) is 24.2 Å². The summed E-state index contributed by atoms with van der Waals surface area (Å²) in [5.74, 6) is -0.998. The second kappa shape index (κ2) is 6.44. The Morgan fingerprint density at radius 1 is 1.35 bits per heavy atom. The van der Waals surface area contributed by atoms with Gasteiger partial charge in [-0.3, -0.25) is 0 Å². The van der Waals surface area contributed by atoms with Gasteiger partial charge < -0.3 is 14.2 Å². The van der Waals surface area contributed by atoms with E-state index in [0.29, 0.717) is 19.4 Å². The smallest absolute Gasteiger partial charge is 0.444 e. The quantitative estimate of drug-likeness (QED) is 0.806. The number of rotatable bonds is 2. The number of alkyl halides is 3. The van der Waals surface area contributed by atoms with E-state index in [1.807, 2.05) is 0 Å². The van der Waals surface area contributed by atoms with Crippen molar-refractivity contribution in [3.63, 3.8) is 0 Å². The second-order valence-corrected chi connectivity index (χ2v) is 7.36. The summed E-state index contributed by atoms with van der Waals surface area (Å²) in [4.78, 5) is 21.6. The molecule has 142 valence electrons. The highest BCUT2D eigenvalue weighted by atomic mass is 19.4. The summed E-state index contributed by atoms with van der Waals surface area (Å²) in [6.07, 6.45) is -2.36. The number of nitrogens with zero attached hydrogens (tertiary/aromatic N) is 4. The first kappa shape index (κ1) is 18.5. The number of carbonyl (C=O) groups excluding carboxylic acids is 1. The summed E-state index contributed by atoms with van der Waals surface area (Å²) in [6, 6.07) is 2.64. The summed E-state index contributed by atoms with van der Waals surface area (Å²) in [5.41, 5.74) is -0.317. The van der Waals surface area contributed by atoms with Gasteiger partial charge in [-0.15, -0.1) is 0 Å². The van der Waals surface area contributed by atoms with E-state index in [0.717, 1.165) is 4.57 Å². The van der Waals surface area contributed by atoms with Gasteiger partial charge in [-0.05, 0) is 45.7 Å². The highest BCUT2D eigenvalue weighted by Gasteiger charge is 2.40. The van der Waals surface area contributed by atoms with Crippen LogP contribution in [0.1, 0.15) is 39.4 Å². The fourth-order valence-electron chi connectivity index (χ4n) is 3.15. The number of fused-ring (bicyclic) bond motifs is 1. The van der Waals surface area contributed by atoms with E-state index in [9.17, 15) is 18.0 Å². The molecular weight excluding hydrogens is 349 g/mol. The van der Waals surface area contributed by atoms with Crippen LogP contribution in [0, 0.1) is 0 Å². The lowest BCUT2D eigenvalue weighted by atomic mass is 10.2. The number of hydrogen-bond donors (Lipinski definition) is 0. The molecule has 3 heterocycles. The molecule has 0 aromatic carbocycles. The van der Waals surface area contributed by atoms with Gasteiger partial charge in [0.1, 0.15) is 11.1 Å². The van der Waals surface area contributed by atoms with E-state index in [-0.39, 0.29) is 17.7 Å². The van der Waals surface area contributed by atoms with Gasteiger partial charge in [0.05, 0.1) is 6.04 Å². The molecule has 2 aromatic rings. The first-order chi connectivity index (χ1) is 12.1. The van der Waals surface area contributed by atoms with Crippen LogP contribution in [0.3, 0.4) is 0 Å². The third-order valence-electron chi connectivity index (χ3n) is 4.16. The van der Waals surface area contributed by atoms with Crippen molar-refractivity contribution in [2.75, 3.05) is 6.54 Å². The number of amides is 1. The number of pyridine rings is 1. The lowest BCUT2D eigenvalue weighted by Crippen LogP contribution is -2.41. The molecule has 1 atom stereocenters. The molecule has 0 bridgehead atoms. The van der Waals surface area contributed by atoms with E-state index >= 15 is 0 Å². The summed E-state index contributed by atoms with van der Waals surface area (Å²) in [6.45, 7) is 5.70. The Morgan fingerprint density at radius 3 is 2.73 bits per heavy atom. The average Bonchev–Trinajstić information content (AvgIpc) is 3.11. The molecule has 0 saturated carbocycles. The van der Waals surface area contributed by atoms with E-state index in [1.165, 1.54) is 17.2 Å². The van der Waals surface area contributed by atoms with E-state index in [2.05, 4.69) is 9.97 Å². The van der Waals surface area contributed by atoms with Gasteiger partial charge in [-0.1, -0.05) is 0 Å². The van der Waals surface area contributed by atoms with Crippen LogP contribution >= 0.6 is 0 Å². The predicted molar refractivity (Wildman–Crippen MR) is 88.5 cm³/mol. The van der Waals surface area contributed by atoms with Gasteiger partial charge in [-0.25, -0.2) is 14.8 Å². The minimum Gasteiger partial charge on any atom is -0.444 e. The highest BCUT2D eigenvalue weighted by Crippen LogP contribution is 2.32. The molecule has 9 heteroatoms. The van der Waals surface area contributed by atoms with Crippen LogP contribution in [0.25, 0.3) is 11.2 Å². The molecule has 1 fully saturated rings. The fourth-order valence-corrected chi connectivity index (χ4v) is 3.15. The van der Waals surface area contributed by atoms with Crippen LogP contribution < -0.4 is 0 Å². The number of halogens is 3. The summed E-state index contributed by atoms with van der Waals surface area (Å²) in [5, 5.41) is 0. The Labute approximate surface area is 149 Å². The zero-order valence-corrected chi connectivity index (χ0v) is 14.9. The van der Waals surface area contributed by atoms with Crippen molar-refractivity contribution >= 4 is 17.3 Å². The Morgan fingerprint density at radius 2 is 2.08 bits per heavy atom. The zero-order valence-electron chi connectivity index (χ0n) is 14.9. The Balaban J connectivity index is 1.91. The predicted octanol–water partition coefficient (Wildman–Crippen LogP) is 3.85. The molecule has 1 amide bonds. The van der Waals surface area contributed by atoms with Crippen LogP contribution in [0.15, 0.2) is 18.3 Å². The molecule has 0 spiro atoms. The molecular formula is C17H21F3N4O2. The lowest BCUT2D eigenvalue weighted by molar-refractivity contribution is -0.147. The normalized spacial score (nSPS) is 18.5. The topological polar surface area (TPSA) is 60.2 Å². The van der Waals surface area contributed by atoms with Crippen molar-refractivity contribution in [1.29, 1.82) is 0 Å². The molecule has 0 radical (unpaired) electrons. The minimum absolute atomic E-state index is 0.0262. The Hall–Kier alpha value is -2.32. The summed E-state index contributed by atoms with van der Waals surface area (Å²) >= 11 is 0. The van der Waals surface area contributed by atoms with E-state index < -0.39 is 29.7 Å². The van der Waals surface area contributed by atoms with Crippen LogP contribution in [0.2, 0.25) is 0 Å². The Bertz CT molecular complexity index is 810. The number of aromatic nitrogens is 3. The van der Waals surface area contributed by atoms with Gasteiger partial charge in [-0.2, -0.15) is 13.2 Å². The fraction of sp³-hybridized carbons (Fsp3) is 0.588. The molecule has 0 aliphatic carbocycles. The first-order valence-electron chi connectivity index (χ1n) is 8.44. The molecule has 1 aliphatic heterocycles. The number of ether oxygens (including phenoxy) is 1. The van der Waals surface area contributed by atoms with Gasteiger partial charge in [0, 0.05) is 19.3 Å². The average molecular weight is 370 g/mol. The van der Waals surface area contributed by atoms with Crippen LogP contribution in [0.4, 0.5) is 18.0 Å². The van der Waals surface area contributed by atoms with Crippen LogP contribution in [0.5, 0.6) is 0 Å². The third-order valence-corrected chi connectivity index (χ3v) is 4.16. The molecule has 1 aliphatic rings. The first-order valence-corrected chi connectivity index (χ1v) is 8.44. The standard InChI is InChI=1S/C17H21F3N4O2/c1-16(2,3)26-15(25)23-9-5-6-11(23)10-24-13-12(7-4-8-21-13)22-14(24)17(18,19)20/h4,7-8,11H,5-6,9-10H2,1-3H3. The number of hydrogen-bond acceptors (Lipinski definition) is 4. The van der Waals surface area contributed by atoms with Gasteiger partial charge in [0.15, 0.2) is 5.65 Å². The van der Waals surface area contributed by atoms with Crippen molar-refractivity contribution in [3.8, 4) is 0 Å². The minimum atomic E-state index is -4.60.